The Kier molecular flexibility index (Phi) is 1.92. The van der Waals surface area contributed by atoms with E-state index < -0.39 is 17.6 Å². The Morgan fingerprint density at radius 1 is 1.53 bits per heavy atom. The summed E-state index contributed by atoms with van der Waals surface area (Å²) in [6.07, 6.45) is 0.891. The van der Waals surface area contributed by atoms with Gasteiger partial charge in [-0.15, -0.1) is 0 Å². The van der Waals surface area contributed by atoms with Crippen LogP contribution >= 0.6 is 0 Å². The van der Waals surface area contributed by atoms with Crippen LogP contribution in [0.1, 0.15) is 16.2 Å². The fraction of sp³-hybridized carbons (Fsp3) is 0.111. The van der Waals surface area contributed by atoms with Crippen LogP contribution in [0.25, 0.3) is 5.65 Å². The van der Waals surface area contributed by atoms with Crippen LogP contribution in [0.15, 0.2) is 12.3 Å². The quantitative estimate of drug-likeness (QED) is 0.781. The molecule has 0 aromatic carbocycles. The zero-order valence-electron chi connectivity index (χ0n) is 7.66. The van der Waals surface area contributed by atoms with Gasteiger partial charge in [-0.3, -0.25) is 4.40 Å². The van der Waals surface area contributed by atoms with Gasteiger partial charge in [0.25, 0.3) is 0 Å². The zero-order chi connectivity index (χ0) is 11.2. The summed E-state index contributed by atoms with van der Waals surface area (Å²) in [4.78, 5) is 14.5. The van der Waals surface area contributed by atoms with Crippen LogP contribution in [0.5, 0.6) is 0 Å². The maximum Gasteiger partial charge on any atom is 0.354 e. The van der Waals surface area contributed by atoms with E-state index in [1.165, 1.54) is 6.92 Å². The van der Waals surface area contributed by atoms with Gasteiger partial charge in [-0.05, 0) is 6.92 Å². The predicted molar refractivity (Wildman–Crippen MR) is 46.8 cm³/mol. The molecule has 1 N–H and O–H groups in total. The van der Waals surface area contributed by atoms with Crippen LogP contribution in [-0.4, -0.2) is 20.5 Å². The lowest BCUT2D eigenvalue weighted by Gasteiger charge is -1.98. The molecule has 0 saturated carbocycles. The highest BCUT2D eigenvalue weighted by molar-refractivity contribution is 5.88. The molecule has 0 bridgehead atoms. The number of aryl methyl sites for hydroxylation is 1. The van der Waals surface area contributed by atoms with Crippen LogP contribution in [0.4, 0.5) is 8.78 Å². The number of carboxylic acids is 1. The van der Waals surface area contributed by atoms with Gasteiger partial charge >= 0.3 is 5.97 Å². The van der Waals surface area contributed by atoms with Crippen molar-refractivity contribution >= 4 is 11.6 Å². The fourth-order valence-corrected chi connectivity index (χ4v) is 1.44. The molecule has 2 aromatic heterocycles. The van der Waals surface area contributed by atoms with E-state index in [0.29, 0.717) is 6.07 Å². The number of fused-ring (bicyclic) bond motifs is 1. The van der Waals surface area contributed by atoms with Gasteiger partial charge in [0.05, 0.1) is 5.69 Å². The Hall–Kier alpha value is -1.98. The van der Waals surface area contributed by atoms with Crippen molar-refractivity contribution in [1.29, 1.82) is 0 Å². The lowest BCUT2D eigenvalue weighted by Crippen LogP contribution is -2.04. The number of rotatable bonds is 1. The van der Waals surface area contributed by atoms with E-state index in [9.17, 15) is 13.6 Å². The molecule has 0 unspecified atom stereocenters. The second-order valence-corrected chi connectivity index (χ2v) is 3.05. The Morgan fingerprint density at radius 2 is 2.20 bits per heavy atom. The summed E-state index contributed by atoms with van der Waals surface area (Å²) >= 11 is 0. The Labute approximate surface area is 82.8 Å². The van der Waals surface area contributed by atoms with E-state index >= 15 is 0 Å². The largest absolute Gasteiger partial charge is 0.477 e. The maximum absolute atomic E-state index is 13.2. The van der Waals surface area contributed by atoms with Gasteiger partial charge in [0.15, 0.2) is 17.2 Å². The maximum atomic E-state index is 13.2. The number of aromatic carboxylic acids is 1. The lowest BCUT2D eigenvalue weighted by atomic mass is 10.3. The molecule has 0 fully saturated rings. The lowest BCUT2D eigenvalue weighted by molar-refractivity contribution is 0.0688. The summed E-state index contributed by atoms with van der Waals surface area (Å²) in [5, 5.41) is 8.83. The normalized spacial score (nSPS) is 10.9. The average Bonchev–Trinajstić information content (AvgIpc) is 2.41. The van der Waals surface area contributed by atoms with Crippen molar-refractivity contribution in [2.24, 2.45) is 0 Å². The van der Waals surface area contributed by atoms with E-state index in [0.717, 1.165) is 10.6 Å². The van der Waals surface area contributed by atoms with E-state index in [2.05, 4.69) is 4.98 Å². The van der Waals surface area contributed by atoms with Crippen molar-refractivity contribution in [3.8, 4) is 0 Å². The number of imidazole rings is 1. The number of carboxylic acid groups (broad SMARTS) is 1. The molecule has 2 rings (SSSR count). The van der Waals surface area contributed by atoms with E-state index in [4.69, 9.17) is 5.11 Å². The third kappa shape index (κ3) is 1.34. The number of aromatic nitrogens is 2. The highest BCUT2D eigenvalue weighted by Crippen LogP contribution is 2.16. The van der Waals surface area contributed by atoms with Crippen molar-refractivity contribution in [1.82, 2.24) is 9.38 Å². The van der Waals surface area contributed by atoms with Crippen molar-refractivity contribution in [2.75, 3.05) is 0 Å². The molecular weight excluding hydrogens is 206 g/mol. The monoisotopic (exact) mass is 212 g/mol. The molecule has 0 saturated heterocycles. The number of halogens is 2. The first-order valence-electron chi connectivity index (χ1n) is 4.07. The number of carbonyl (C=O) groups is 1. The minimum absolute atomic E-state index is 0.145. The third-order valence-corrected chi connectivity index (χ3v) is 2.02. The average molecular weight is 212 g/mol. The van der Waals surface area contributed by atoms with Crippen LogP contribution in [0.2, 0.25) is 0 Å². The summed E-state index contributed by atoms with van der Waals surface area (Å²) in [5.74, 6) is -3.00. The van der Waals surface area contributed by atoms with Gasteiger partial charge in [0, 0.05) is 12.3 Å². The molecule has 0 aliphatic carbocycles. The van der Waals surface area contributed by atoms with Crippen molar-refractivity contribution < 1.29 is 18.7 Å². The van der Waals surface area contributed by atoms with Gasteiger partial charge in [-0.1, -0.05) is 0 Å². The van der Waals surface area contributed by atoms with Crippen molar-refractivity contribution in [3.05, 3.63) is 35.3 Å². The van der Waals surface area contributed by atoms with E-state index in [1.807, 2.05) is 0 Å². The highest BCUT2D eigenvalue weighted by Gasteiger charge is 2.18. The first-order valence-corrected chi connectivity index (χ1v) is 4.07. The standard InChI is InChI=1S/C9H6F2N2O2/c1-4-7(9(14)15)13-3-5(10)2-6(11)8(13)12-4/h2-3H,1H3,(H,14,15). The third-order valence-electron chi connectivity index (χ3n) is 2.02. The van der Waals surface area contributed by atoms with Gasteiger partial charge in [0.2, 0.25) is 0 Å². The van der Waals surface area contributed by atoms with Gasteiger partial charge in [-0.25, -0.2) is 18.6 Å². The molecular formula is C9H6F2N2O2. The van der Waals surface area contributed by atoms with E-state index in [1.54, 1.807) is 0 Å². The minimum Gasteiger partial charge on any atom is -0.477 e. The smallest absolute Gasteiger partial charge is 0.354 e. The summed E-state index contributed by atoms with van der Waals surface area (Å²) in [7, 11) is 0. The van der Waals surface area contributed by atoms with Crippen LogP contribution in [0, 0.1) is 18.6 Å². The fourth-order valence-electron chi connectivity index (χ4n) is 1.44. The zero-order valence-corrected chi connectivity index (χ0v) is 7.66. The molecule has 4 nitrogen and oxygen atoms in total. The van der Waals surface area contributed by atoms with Crippen LogP contribution in [-0.2, 0) is 0 Å². The molecule has 78 valence electrons. The minimum atomic E-state index is -1.27. The molecule has 0 spiro atoms. The molecule has 0 aliphatic rings. The molecule has 0 radical (unpaired) electrons. The summed E-state index contributed by atoms with van der Waals surface area (Å²) in [6.45, 7) is 1.42. The number of hydrogen-bond donors (Lipinski definition) is 1. The van der Waals surface area contributed by atoms with Crippen molar-refractivity contribution in [3.63, 3.8) is 0 Å². The van der Waals surface area contributed by atoms with Gasteiger partial charge < -0.3 is 5.11 Å². The van der Waals surface area contributed by atoms with Crippen LogP contribution < -0.4 is 0 Å². The first-order chi connectivity index (χ1) is 7.00. The van der Waals surface area contributed by atoms with Crippen LogP contribution in [0.3, 0.4) is 0 Å². The van der Waals surface area contributed by atoms with Gasteiger partial charge in [-0.2, -0.15) is 0 Å². The second kappa shape index (κ2) is 3.01. The topological polar surface area (TPSA) is 54.6 Å². The number of hydrogen-bond acceptors (Lipinski definition) is 2. The van der Waals surface area contributed by atoms with Gasteiger partial charge in [0.1, 0.15) is 5.82 Å². The Morgan fingerprint density at radius 3 is 2.80 bits per heavy atom. The molecule has 2 aromatic rings. The number of nitrogens with zero attached hydrogens (tertiary/aromatic N) is 2. The molecule has 0 aliphatic heterocycles. The molecule has 6 heteroatoms. The SMILES string of the molecule is Cc1nc2c(F)cc(F)cn2c1C(=O)O. The molecule has 15 heavy (non-hydrogen) atoms. The summed E-state index contributed by atoms with van der Waals surface area (Å²) < 4.78 is 26.9. The predicted octanol–water partition coefficient (Wildman–Crippen LogP) is 1.62. The Bertz CT molecular complexity index is 563. The highest BCUT2D eigenvalue weighted by atomic mass is 19.1. The first kappa shape index (κ1) is 9.57. The summed E-state index contributed by atoms with van der Waals surface area (Å²) in [6, 6.07) is 0.660. The summed E-state index contributed by atoms with van der Waals surface area (Å²) in [5.41, 5.74) is -0.276. The van der Waals surface area contributed by atoms with E-state index in [-0.39, 0.29) is 17.0 Å². The molecule has 0 amide bonds. The van der Waals surface area contributed by atoms with Crippen molar-refractivity contribution in [2.45, 2.75) is 6.92 Å². The molecule has 2 heterocycles. The Balaban J connectivity index is 2.93. The second-order valence-electron chi connectivity index (χ2n) is 3.05. The molecule has 0 atom stereocenters. The number of pyridine rings is 1.